The van der Waals surface area contributed by atoms with Gasteiger partial charge in [-0.1, -0.05) is 0 Å². The van der Waals surface area contributed by atoms with Gasteiger partial charge in [-0.25, -0.2) is 4.98 Å². The molecule has 142 valence electrons. The number of aryl methyl sites for hydroxylation is 1. The molecule has 1 amide bonds. The Morgan fingerprint density at radius 3 is 2.64 bits per heavy atom. The Bertz CT molecular complexity index is 583. The van der Waals surface area contributed by atoms with Gasteiger partial charge in [-0.15, -0.1) is 24.8 Å². The lowest BCUT2D eigenvalue weighted by atomic mass is 9.93. The van der Waals surface area contributed by atoms with E-state index >= 15 is 0 Å². The van der Waals surface area contributed by atoms with Crippen LogP contribution in [0.3, 0.4) is 0 Å². The molecule has 1 spiro atoms. The molecule has 4 rings (SSSR count). The third kappa shape index (κ3) is 3.82. The fraction of sp³-hybridized carbons (Fsp3) is 0.765. The number of piperidine rings is 1. The molecule has 8 heteroatoms. The van der Waals surface area contributed by atoms with Crippen LogP contribution in [-0.4, -0.2) is 52.6 Å². The highest BCUT2D eigenvalue weighted by molar-refractivity contribution is 5.85. The van der Waals surface area contributed by atoms with Gasteiger partial charge < -0.3 is 20.1 Å². The summed E-state index contributed by atoms with van der Waals surface area (Å²) in [6, 6.07) is 0.416. The Morgan fingerprint density at radius 2 is 2.04 bits per heavy atom. The van der Waals surface area contributed by atoms with Crippen molar-refractivity contribution in [1.82, 2.24) is 25.1 Å². The molecule has 3 aliphatic rings. The summed E-state index contributed by atoms with van der Waals surface area (Å²) in [6.45, 7) is 7.54. The van der Waals surface area contributed by atoms with Crippen molar-refractivity contribution in [2.24, 2.45) is 11.3 Å². The molecule has 1 atom stereocenters. The lowest BCUT2D eigenvalue weighted by Gasteiger charge is -2.35. The minimum atomic E-state index is 0. The molecule has 3 heterocycles. The average Bonchev–Trinajstić information content (AvgIpc) is 2.99. The number of halogens is 2. The molecule has 2 aliphatic heterocycles. The Labute approximate surface area is 161 Å². The molecule has 6 nitrogen and oxygen atoms in total. The molecule has 0 radical (unpaired) electrons. The molecule has 1 aromatic heterocycles. The maximum absolute atomic E-state index is 13.0. The quantitative estimate of drug-likeness (QED) is 0.799. The number of carbonyl (C=O) groups is 1. The van der Waals surface area contributed by atoms with Crippen LogP contribution in [0.1, 0.15) is 32.0 Å². The molecule has 1 saturated carbocycles. The third-order valence-electron chi connectivity index (χ3n) is 5.99. The van der Waals surface area contributed by atoms with Gasteiger partial charge in [0.25, 0.3) is 0 Å². The van der Waals surface area contributed by atoms with Crippen LogP contribution in [0.15, 0.2) is 12.4 Å². The van der Waals surface area contributed by atoms with Crippen molar-refractivity contribution in [3.8, 4) is 0 Å². The second kappa shape index (κ2) is 8.25. The number of nitrogens with one attached hydrogen (secondary N) is 2. The van der Waals surface area contributed by atoms with Crippen LogP contribution in [-0.2, 0) is 17.9 Å². The van der Waals surface area contributed by atoms with E-state index in [9.17, 15) is 4.79 Å². The lowest BCUT2D eigenvalue weighted by Crippen LogP contribution is -2.53. The first-order valence-electron chi connectivity index (χ1n) is 8.95. The summed E-state index contributed by atoms with van der Waals surface area (Å²) in [7, 11) is 0. The van der Waals surface area contributed by atoms with Gasteiger partial charge in [-0.2, -0.15) is 0 Å². The van der Waals surface area contributed by atoms with Crippen molar-refractivity contribution in [2.75, 3.05) is 26.2 Å². The van der Waals surface area contributed by atoms with Gasteiger partial charge in [0.1, 0.15) is 5.82 Å². The van der Waals surface area contributed by atoms with Crippen molar-refractivity contribution < 1.29 is 4.79 Å². The van der Waals surface area contributed by atoms with Gasteiger partial charge in [-0.05, 0) is 44.7 Å². The zero-order chi connectivity index (χ0) is 15.9. The predicted molar refractivity (Wildman–Crippen MR) is 102 cm³/mol. The van der Waals surface area contributed by atoms with Crippen molar-refractivity contribution in [1.29, 1.82) is 0 Å². The molecule has 0 aromatic carbocycles. The molecular weight excluding hydrogens is 361 g/mol. The number of hydrogen-bond acceptors (Lipinski definition) is 4. The summed E-state index contributed by atoms with van der Waals surface area (Å²) in [5.74, 6) is 1.51. The molecular formula is C17H29Cl2N5O. The van der Waals surface area contributed by atoms with Crippen LogP contribution in [0.5, 0.6) is 0 Å². The molecule has 1 aliphatic carbocycles. The molecule has 1 unspecified atom stereocenters. The number of amides is 1. The first kappa shape index (κ1) is 20.5. The minimum absolute atomic E-state index is 0. The standard InChI is InChI=1S/C17H27N5O.2ClH/c1-2-21-8-7-20-15(21)12-22(16(23)13-10-19-11-13)14-9-17(14)3-5-18-6-4-17;;/h7-8,13-14,18-19H,2-6,9-12H2,1H3;2*1H. The van der Waals surface area contributed by atoms with Gasteiger partial charge in [-0.3, -0.25) is 4.79 Å². The maximum Gasteiger partial charge on any atom is 0.228 e. The number of nitrogens with zero attached hydrogens (tertiary/aromatic N) is 3. The highest BCUT2D eigenvalue weighted by Gasteiger charge is 2.58. The van der Waals surface area contributed by atoms with Crippen LogP contribution >= 0.6 is 24.8 Å². The number of aromatic nitrogens is 2. The SMILES string of the molecule is CCn1ccnc1CN(C(=O)C1CNC1)C1CC12CCNCC2.Cl.Cl. The Balaban J connectivity index is 0.00000113. The van der Waals surface area contributed by atoms with E-state index in [1.807, 2.05) is 12.4 Å². The van der Waals surface area contributed by atoms with Gasteiger partial charge in [0, 0.05) is 38.1 Å². The average molecular weight is 390 g/mol. The van der Waals surface area contributed by atoms with E-state index in [2.05, 4.69) is 32.0 Å². The van der Waals surface area contributed by atoms with E-state index in [0.717, 1.165) is 38.5 Å². The summed E-state index contributed by atoms with van der Waals surface area (Å²) in [4.78, 5) is 19.6. The molecule has 2 N–H and O–H groups in total. The van der Waals surface area contributed by atoms with Crippen LogP contribution in [0.2, 0.25) is 0 Å². The van der Waals surface area contributed by atoms with Crippen molar-refractivity contribution in [3.63, 3.8) is 0 Å². The van der Waals surface area contributed by atoms with E-state index in [1.165, 1.54) is 19.3 Å². The van der Waals surface area contributed by atoms with Crippen LogP contribution in [0.25, 0.3) is 0 Å². The van der Waals surface area contributed by atoms with Crippen molar-refractivity contribution in [2.45, 2.75) is 45.3 Å². The first-order chi connectivity index (χ1) is 11.2. The zero-order valence-corrected chi connectivity index (χ0v) is 16.4. The van der Waals surface area contributed by atoms with Crippen LogP contribution in [0.4, 0.5) is 0 Å². The summed E-state index contributed by atoms with van der Waals surface area (Å²) in [5, 5.41) is 6.68. The monoisotopic (exact) mass is 389 g/mol. The fourth-order valence-corrected chi connectivity index (χ4v) is 4.20. The van der Waals surface area contributed by atoms with E-state index in [0.29, 0.717) is 23.9 Å². The smallest absolute Gasteiger partial charge is 0.228 e. The Hall–Kier alpha value is -0.820. The molecule has 25 heavy (non-hydrogen) atoms. The number of hydrogen-bond donors (Lipinski definition) is 2. The normalized spacial score (nSPS) is 24.0. The second-order valence-electron chi connectivity index (χ2n) is 7.28. The van der Waals surface area contributed by atoms with Gasteiger partial charge in [0.2, 0.25) is 5.91 Å². The second-order valence-corrected chi connectivity index (χ2v) is 7.28. The summed E-state index contributed by atoms with van der Waals surface area (Å²) in [5.41, 5.74) is 0.377. The molecule has 0 bridgehead atoms. The minimum Gasteiger partial charge on any atom is -0.334 e. The Morgan fingerprint density at radius 1 is 1.32 bits per heavy atom. The molecule has 3 fully saturated rings. The van der Waals surface area contributed by atoms with Gasteiger partial charge >= 0.3 is 0 Å². The first-order valence-corrected chi connectivity index (χ1v) is 8.95. The Kier molecular flexibility index (Phi) is 6.76. The summed E-state index contributed by atoms with van der Waals surface area (Å²) >= 11 is 0. The van der Waals surface area contributed by atoms with E-state index in [-0.39, 0.29) is 30.7 Å². The van der Waals surface area contributed by atoms with Gasteiger partial charge in [0.05, 0.1) is 12.5 Å². The van der Waals surface area contributed by atoms with Crippen molar-refractivity contribution in [3.05, 3.63) is 18.2 Å². The molecule has 1 aromatic rings. The predicted octanol–water partition coefficient (Wildman–Crippen LogP) is 1.44. The van der Waals surface area contributed by atoms with Crippen LogP contribution < -0.4 is 10.6 Å². The summed E-state index contributed by atoms with van der Waals surface area (Å²) in [6.07, 6.45) is 7.43. The topological polar surface area (TPSA) is 62.2 Å². The largest absolute Gasteiger partial charge is 0.334 e. The fourth-order valence-electron chi connectivity index (χ4n) is 4.20. The van der Waals surface area contributed by atoms with Crippen LogP contribution in [0, 0.1) is 11.3 Å². The number of rotatable bonds is 5. The maximum atomic E-state index is 13.0. The highest BCUT2D eigenvalue weighted by Crippen LogP contribution is 2.56. The van der Waals surface area contributed by atoms with E-state index < -0.39 is 0 Å². The summed E-state index contributed by atoms with van der Waals surface area (Å²) < 4.78 is 2.15. The third-order valence-corrected chi connectivity index (χ3v) is 5.99. The number of imidazole rings is 1. The van der Waals surface area contributed by atoms with E-state index in [4.69, 9.17) is 0 Å². The van der Waals surface area contributed by atoms with Gasteiger partial charge in [0.15, 0.2) is 0 Å². The van der Waals surface area contributed by atoms with Crippen molar-refractivity contribution >= 4 is 30.7 Å². The lowest BCUT2D eigenvalue weighted by molar-refractivity contribution is -0.139. The molecule has 2 saturated heterocycles. The van der Waals surface area contributed by atoms with E-state index in [1.54, 1.807) is 0 Å². The highest BCUT2D eigenvalue weighted by atomic mass is 35.5. The zero-order valence-electron chi connectivity index (χ0n) is 14.7. The number of carbonyl (C=O) groups excluding carboxylic acids is 1.